The van der Waals surface area contributed by atoms with Gasteiger partial charge in [0, 0.05) is 6.42 Å². The van der Waals surface area contributed by atoms with Crippen LogP contribution < -0.4 is 0 Å². The van der Waals surface area contributed by atoms with Crippen molar-refractivity contribution in [1.29, 1.82) is 0 Å². The summed E-state index contributed by atoms with van der Waals surface area (Å²) in [6, 6.07) is 0. The molecule has 2 atom stereocenters. The molecule has 150 valence electrons. The van der Waals surface area contributed by atoms with Crippen LogP contribution >= 0.6 is 0 Å². The van der Waals surface area contributed by atoms with Crippen molar-refractivity contribution < 1.29 is 25.2 Å². The minimum Gasteiger partial charge on any atom is -0.481 e. The molecule has 0 amide bonds. The topological polar surface area (TPSA) is 87.0 Å². The van der Waals surface area contributed by atoms with Crippen molar-refractivity contribution in [1.82, 2.24) is 0 Å². The largest absolute Gasteiger partial charge is 0.481 e. The average Bonchev–Trinajstić information content (AvgIpc) is 2.64. The van der Waals surface area contributed by atoms with E-state index in [-0.39, 0.29) is 6.42 Å². The smallest absolute Gasteiger partial charge is 0.303 e. The Bertz CT molecular complexity index is 541. The highest BCUT2D eigenvalue weighted by Gasteiger charge is 2.00. The number of hydrogen-bond donors (Lipinski definition) is 3. The highest BCUT2D eigenvalue weighted by molar-refractivity contribution is 5.66. The van der Waals surface area contributed by atoms with E-state index in [0.717, 1.165) is 12.8 Å². The van der Waals surface area contributed by atoms with Crippen molar-refractivity contribution >= 4 is 5.97 Å². The normalized spacial score (nSPS) is 15.4. The zero-order valence-corrected chi connectivity index (χ0v) is 16.0. The molecule has 0 aromatic carbocycles. The van der Waals surface area contributed by atoms with Gasteiger partial charge in [-0.1, -0.05) is 79.8 Å². The number of carboxylic acids is 1. The van der Waals surface area contributed by atoms with E-state index in [1.54, 1.807) is 30.4 Å². The van der Waals surface area contributed by atoms with E-state index in [1.165, 1.54) is 0 Å². The van der Waals surface area contributed by atoms with Crippen LogP contribution in [0, 0.1) is 0 Å². The first-order valence-electron chi connectivity index (χ1n) is 9.26. The molecule has 27 heavy (non-hydrogen) atoms. The van der Waals surface area contributed by atoms with E-state index in [2.05, 4.69) is 11.8 Å². The Morgan fingerprint density at radius 3 is 2.22 bits per heavy atom. The van der Waals surface area contributed by atoms with E-state index < -0.39 is 18.2 Å². The lowest BCUT2D eigenvalue weighted by atomic mass is 10.2. The molecule has 0 aliphatic carbocycles. The van der Waals surface area contributed by atoms with Gasteiger partial charge in [-0.3, -0.25) is 10.1 Å². The predicted octanol–water partition coefficient (Wildman–Crippen LogP) is 4.99. The van der Waals surface area contributed by atoms with Crippen LogP contribution in [0.4, 0.5) is 0 Å². The number of aliphatic hydroxyl groups excluding tert-OH is 1. The first kappa shape index (κ1) is 24.8. The van der Waals surface area contributed by atoms with Crippen LogP contribution in [0.3, 0.4) is 0 Å². The van der Waals surface area contributed by atoms with Gasteiger partial charge in [0.15, 0.2) is 0 Å². The molecule has 5 nitrogen and oxygen atoms in total. The Morgan fingerprint density at radius 2 is 1.59 bits per heavy atom. The van der Waals surface area contributed by atoms with Gasteiger partial charge >= 0.3 is 5.97 Å². The Hall–Kier alpha value is -2.21. The molecule has 0 fully saturated rings. The van der Waals surface area contributed by atoms with E-state index in [9.17, 15) is 9.90 Å². The van der Waals surface area contributed by atoms with E-state index in [0.29, 0.717) is 19.3 Å². The molecule has 0 aromatic rings. The molecule has 0 rings (SSSR count). The number of carboxylic acid groups (broad SMARTS) is 1. The fraction of sp³-hybridized carbons (Fsp3) is 0.409. The number of aliphatic hydroxyl groups is 1. The second-order valence-electron chi connectivity index (χ2n) is 5.83. The second-order valence-corrected chi connectivity index (χ2v) is 5.83. The maximum Gasteiger partial charge on any atom is 0.303 e. The first-order chi connectivity index (χ1) is 13.1. The van der Waals surface area contributed by atoms with Crippen molar-refractivity contribution in [3.8, 4) is 0 Å². The van der Waals surface area contributed by atoms with Crippen LogP contribution in [-0.4, -0.2) is 33.6 Å². The van der Waals surface area contributed by atoms with Gasteiger partial charge in [-0.25, -0.2) is 4.89 Å². The lowest BCUT2D eigenvalue weighted by Gasteiger charge is -2.04. The molecule has 0 aliphatic heterocycles. The van der Waals surface area contributed by atoms with Crippen LogP contribution in [0.15, 0.2) is 72.9 Å². The summed E-state index contributed by atoms with van der Waals surface area (Å²) < 4.78 is 0. The summed E-state index contributed by atoms with van der Waals surface area (Å²) in [7, 11) is 0. The lowest BCUT2D eigenvalue weighted by molar-refractivity contribution is -0.264. The molecular weight excluding hydrogens is 344 g/mol. The van der Waals surface area contributed by atoms with Gasteiger partial charge in [0.2, 0.25) is 0 Å². The fourth-order valence-corrected chi connectivity index (χ4v) is 1.97. The van der Waals surface area contributed by atoms with Crippen molar-refractivity contribution in [2.45, 2.75) is 57.7 Å². The number of carbonyl (C=O) groups is 1. The molecule has 3 N–H and O–H groups in total. The molecule has 0 heterocycles. The zero-order chi connectivity index (χ0) is 20.2. The van der Waals surface area contributed by atoms with Crippen molar-refractivity contribution in [3.63, 3.8) is 0 Å². The van der Waals surface area contributed by atoms with Crippen LogP contribution in [0.5, 0.6) is 0 Å². The monoisotopic (exact) mass is 376 g/mol. The SMILES string of the molecule is CC/C=C\C[C@@H](O)/C=C/C=C\C/C=C\C=C\[C@@H](C/C=C\CCC(=O)O)OO. The van der Waals surface area contributed by atoms with Crippen molar-refractivity contribution in [2.24, 2.45) is 0 Å². The number of rotatable bonds is 15. The summed E-state index contributed by atoms with van der Waals surface area (Å²) in [5.41, 5.74) is 0. The zero-order valence-electron chi connectivity index (χ0n) is 16.0. The van der Waals surface area contributed by atoms with Crippen LogP contribution in [0.1, 0.15) is 45.4 Å². The highest BCUT2D eigenvalue weighted by atomic mass is 17.1. The minimum absolute atomic E-state index is 0.0945. The van der Waals surface area contributed by atoms with E-state index in [4.69, 9.17) is 10.4 Å². The quantitative estimate of drug-likeness (QED) is 0.162. The van der Waals surface area contributed by atoms with Gasteiger partial charge in [0.05, 0.1) is 6.10 Å². The number of hydrogen-bond acceptors (Lipinski definition) is 4. The average molecular weight is 376 g/mol. The third kappa shape index (κ3) is 18.4. The Kier molecular flexibility index (Phi) is 17.1. The summed E-state index contributed by atoms with van der Waals surface area (Å²) in [5.74, 6) is -0.829. The van der Waals surface area contributed by atoms with Gasteiger partial charge in [-0.05, 0) is 32.1 Å². The standard InChI is InChI=1S/C22H32O5/c1-2-3-10-15-20(23)16-11-7-5-4-6-8-12-17-21(27-26)18-13-9-14-19-22(24)25/h3,5-13,16-17,20-21,23,26H,2,4,14-15,18-19H2,1H3,(H,24,25)/b7-5-,8-6-,10-3-,13-9-,16-11+,17-12+/t20-,21+/m1/s1. The summed E-state index contributed by atoms with van der Waals surface area (Å²) in [6.45, 7) is 2.06. The van der Waals surface area contributed by atoms with Gasteiger partial charge in [0.1, 0.15) is 6.10 Å². The maximum atomic E-state index is 10.4. The van der Waals surface area contributed by atoms with Crippen LogP contribution in [0.2, 0.25) is 0 Å². The Morgan fingerprint density at radius 1 is 0.926 bits per heavy atom. The first-order valence-corrected chi connectivity index (χ1v) is 9.26. The minimum atomic E-state index is -0.829. The lowest BCUT2D eigenvalue weighted by Crippen LogP contribution is -2.05. The molecule has 0 aromatic heterocycles. The van der Waals surface area contributed by atoms with Crippen LogP contribution in [0.25, 0.3) is 0 Å². The van der Waals surface area contributed by atoms with Crippen molar-refractivity contribution in [3.05, 3.63) is 72.9 Å². The Labute approximate surface area is 162 Å². The third-order valence-electron chi connectivity index (χ3n) is 3.40. The summed E-state index contributed by atoms with van der Waals surface area (Å²) in [5, 5.41) is 27.0. The summed E-state index contributed by atoms with van der Waals surface area (Å²) in [4.78, 5) is 14.7. The molecule has 0 saturated carbocycles. The molecule has 0 unspecified atom stereocenters. The maximum absolute atomic E-state index is 10.4. The number of allylic oxidation sites excluding steroid dienone is 8. The summed E-state index contributed by atoms with van der Waals surface area (Å²) >= 11 is 0. The van der Waals surface area contributed by atoms with E-state index >= 15 is 0 Å². The molecular formula is C22H32O5. The third-order valence-corrected chi connectivity index (χ3v) is 3.40. The fourth-order valence-electron chi connectivity index (χ4n) is 1.97. The molecule has 0 saturated heterocycles. The van der Waals surface area contributed by atoms with Gasteiger partial charge < -0.3 is 10.2 Å². The molecule has 0 aliphatic rings. The number of aliphatic carboxylic acids is 1. The van der Waals surface area contributed by atoms with Gasteiger partial charge in [0.25, 0.3) is 0 Å². The van der Waals surface area contributed by atoms with Gasteiger partial charge in [-0.15, -0.1) is 0 Å². The Balaban J connectivity index is 4.00. The van der Waals surface area contributed by atoms with Crippen LogP contribution in [-0.2, 0) is 9.68 Å². The summed E-state index contributed by atoms with van der Waals surface area (Å²) in [6.07, 6.45) is 24.8. The van der Waals surface area contributed by atoms with E-state index in [1.807, 2.05) is 42.5 Å². The molecule has 0 bridgehead atoms. The van der Waals surface area contributed by atoms with Crippen molar-refractivity contribution in [2.75, 3.05) is 0 Å². The molecule has 0 spiro atoms. The molecule has 0 radical (unpaired) electrons. The predicted molar refractivity (Wildman–Crippen MR) is 109 cm³/mol. The molecule has 5 heteroatoms. The second kappa shape index (κ2) is 18.6. The highest BCUT2D eigenvalue weighted by Crippen LogP contribution is 2.03. The van der Waals surface area contributed by atoms with Gasteiger partial charge in [-0.2, -0.15) is 0 Å².